The van der Waals surface area contributed by atoms with E-state index in [4.69, 9.17) is 4.74 Å². The molecule has 124 valence electrons. The number of hydrogen-bond acceptors (Lipinski definition) is 2. The first-order valence-electron chi connectivity index (χ1n) is 8.65. The van der Waals surface area contributed by atoms with Gasteiger partial charge in [-0.3, -0.25) is 0 Å². The number of aliphatic hydroxyl groups excluding tert-OH is 1. The van der Waals surface area contributed by atoms with E-state index in [1.807, 2.05) is 6.92 Å². The van der Waals surface area contributed by atoms with Crippen LogP contribution in [0.3, 0.4) is 0 Å². The molecule has 1 aliphatic heterocycles. The zero-order valence-electron chi connectivity index (χ0n) is 14.7. The van der Waals surface area contributed by atoms with Gasteiger partial charge in [0.05, 0.1) is 17.8 Å². The Kier molecular flexibility index (Phi) is 5.68. The van der Waals surface area contributed by atoms with Gasteiger partial charge in [0.2, 0.25) is 0 Å². The van der Waals surface area contributed by atoms with Gasteiger partial charge in [-0.15, -0.1) is 0 Å². The van der Waals surface area contributed by atoms with Crippen LogP contribution in [0.15, 0.2) is 35.5 Å². The molecule has 0 spiro atoms. The summed E-state index contributed by atoms with van der Waals surface area (Å²) in [6.07, 6.45) is 10.6. The van der Waals surface area contributed by atoms with Crippen molar-refractivity contribution in [1.82, 2.24) is 0 Å². The smallest absolute Gasteiger partial charge is 0.0923 e. The highest BCUT2D eigenvalue weighted by atomic mass is 16.6. The van der Waals surface area contributed by atoms with Crippen molar-refractivity contribution in [1.29, 1.82) is 0 Å². The molecule has 1 N–H and O–H groups in total. The van der Waals surface area contributed by atoms with Gasteiger partial charge in [0.25, 0.3) is 0 Å². The average molecular weight is 304 g/mol. The van der Waals surface area contributed by atoms with Crippen molar-refractivity contribution in [3.05, 3.63) is 35.5 Å². The SMILES string of the molecule is C=C(C)[C@@H]1C/C=C(\C)CC[C@@H]2O[C@@]2(C)CC/C=C(\C)[C@H](O)C1. The van der Waals surface area contributed by atoms with Crippen LogP contribution in [0, 0.1) is 5.92 Å². The molecule has 2 nitrogen and oxygen atoms in total. The standard InChI is InChI=1S/C20H32O2/c1-14(2)17-10-8-15(3)9-11-19-20(5,22-19)12-6-7-16(4)18(21)13-17/h7-8,17-19,21H,1,6,9-13H2,2-5H3/b15-8+,16-7+/t17-,18-,19+,20+/m1/s1. The summed E-state index contributed by atoms with van der Waals surface area (Å²) in [7, 11) is 0. The molecular formula is C20H32O2. The Morgan fingerprint density at radius 3 is 2.77 bits per heavy atom. The molecule has 4 atom stereocenters. The molecule has 0 aromatic carbocycles. The number of rotatable bonds is 1. The van der Waals surface area contributed by atoms with Crippen LogP contribution in [0.4, 0.5) is 0 Å². The Morgan fingerprint density at radius 2 is 2.09 bits per heavy atom. The van der Waals surface area contributed by atoms with Gasteiger partial charge in [0.15, 0.2) is 0 Å². The average Bonchev–Trinajstić information content (AvgIpc) is 3.10. The molecule has 1 aliphatic carbocycles. The number of aliphatic hydroxyl groups is 1. The van der Waals surface area contributed by atoms with Crippen LogP contribution in [0.1, 0.15) is 66.2 Å². The Hall–Kier alpha value is -0.860. The number of hydrogen-bond donors (Lipinski definition) is 1. The summed E-state index contributed by atoms with van der Waals surface area (Å²) in [4.78, 5) is 0. The van der Waals surface area contributed by atoms with Crippen molar-refractivity contribution < 1.29 is 9.84 Å². The van der Waals surface area contributed by atoms with E-state index in [0.717, 1.165) is 44.1 Å². The van der Waals surface area contributed by atoms with Crippen molar-refractivity contribution in [2.24, 2.45) is 5.92 Å². The largest absolute Gasteiger partial charge is 0.389 e. The first-order chi connectivity index (χ1) is 10.3. The molecule has 2 rings (SSSR count). The summed E-state index contributed by atoms with van der Waals surface area (Å²) < 4.78 is 5.92. The zero-order chi connectivity index (χ0) is 16.3. The van der Waals surface area contributed by atoms with E-state index in [1.165, 1.54) is 11.1 Å². The molecule has 1 heterocycles. The summed E-state index contributed by atoms with van der Waals surface area (Å²) in [5.74, 6) is 0.360. The van der Waals surface area contributed by atoms with Crippen molar-refractivity contribution in [3.8, 4) is 0 Å². The van der Waals surface area contributed by atoms with Gasteiger partial charge < -0.3 is 9.84 Å². The first kappa shape index (κ1) is 17.5. The summed E-state index contributed by atoms with van der Waals surface area (Å²) >= 11 is 0. The minimum absolute atomic E-state index is 0.0619. The summed E-state index contributed by atoms with van der Waals surface area (Å²) in [5, 5.41) is 10.5. The van der Waals surface area contributed by atoms with E-state index in [2.05, 4.69) is 39.5 Å². The van der Waals surface area contributed by atoms with Crippen LogP contribution in [0.5, 0.6) is 0 Å². The Balaban J connectivity index is 2.11. The van der Waals surface area contributed by atoms with Gasteiger partial charge in [0, 0.05) is 0 Å². The fourth-order valence-corrected chi connectivity index (χ4v) is 3.36. The fourth-order valence-electron chi connectivity index (χ4n) is 3.36. The number of epoxide rings is 1. The monoisotopic (exact) mass is 304 g/mol. The number of fused-ring (bicyclic) bond motifs is 1. The minimum Gasteiger partial charge on any atom is -0.389 e. The third-order valence-electron chi connectivity index (χ3n) is 5.42. The van der Waals surface area contributed by atoms with Gasteiger partial charge in [0.1, 0.15) is 0 Å². The topological polar surface area (TPSA) is 32.8 Å². The third kappa shape index (κ3) is 4.57. The van der Waals surface area contributed by atoms with Crippen molar-refractivity contribution in [2.45, 2.75) is 84.0 Å². The molecule has 0 radical (unpaired) electrons. The Bertz CT molecular complexity index is 474. The highest BCUT2D eigenvalue weighted by Gasteiger charge is 2.50. The van der Waals surface area contributed by atoms with Crippen molar-refractivity contribution >= 4 is 0 Å². The quantitative estimate of drug-likeness (QED) is 0.549. The fraction of sp³-hybridized carbons (Fsp3) is 0.700. The van der Waals surface area contributed by atoms with E-state index < -0.39 is 0 Å². The molecule has 1 saturated heterocycles. The van der Waals surface area contributed by atoms with Crippen LogP contribution >= 0.6 is 0 Å². The normalized spacial score (nSPS) is 42.1. The summed E-state index contributed by atoms with van der Waals surface area (Å²) in [6, 6.07) is 0. The van der Waals surface area contributed by atoms with Gasteiger partial charge >= 0.3 is 0 Å². The van der Waals surface area contributed by atoms with Gasteiger partial charge in [-0.25, -0.2) is 0 Å². The number of allylic oxidation sites excluding steroid dienone is 4. The minimum atomic E-state index is -0.359. The van der Waals surface area contributed by atoms with Gasteiger partial charge in [-0.1, -0.05) is 29.9 Å². The van der Waals surface area contributed by atoms with Crippen LogP contribution in [-0.4, -0.2) is 22.9 Å². The summed E-state index contributed by atoms with van der Waals surface area (Å²) in [5.41, 5.74) is 3.75. The molecule has 2 aliphatic rings. The van der Waals surface area contributed by atoms with Gasteiger partial charge in [-0.05, 0) is 77.7 Å². The lowest BCUT2D eigenvalue weighted by Gasteiger charge is -2.21. The zero-order valence-corrected chi connectivity index (χ0v) is 14.7. The summed E-state index contributed by atoms with van der Waals surface area (Å²) in [6.45, 7) is 12.7. The van der Waals surface area contributed by atoms with Crippen LogP contribution in [0.25, 0.3) is 0 Å². The second-order valence-corrected chi connectivity index (χ2v) is 7.53. The Labute approximate surface area is 136 Å². The van der Waals surface area contributed by atoms with E-state index in [9.17, 15) is 5.11 Å². The molecule has 22 heavy (non-hydrogen) atoms. The second-order valence-electron chi connectivity index (χ2n) is 7.53. The van der Waals surface area contributed by atoms with E-state index in [-0.39, 0.29) is 11.7 Å². The second kappa shape index (κ2) is 7.14. The highest BCUT2D eigenvalue weighted by Crippen LogP contribution is 2.43. The third-order valence-corrected chi connectivity index (χ3v) is 5.42. The van der Waals surface area contributed by atoms with Crippen LogP contribution in [0.2, 0.25) is 0 Å². The molecule has 0 aromatic rings. The van der Waals surface area contributed by atoms with Crippen LogP contribution < -0.4 is 0 Å². The Morgan fingerprint density at radius 1 is 1.36 bits per heavy atom. The molecule has 2 heteroatoms. The number of ether oxygens (including phenoxy) is 1. The maximum Gasteiger partial charge on any atom is 0.0923 e. The molecule has 0 aromatic heterocycles. The van der Waals surface area contributed by atoms with E-state index >= 15 is 0 Å². The molecule has 0 amide bonds. The van der Waals surface area contributed by atoms with Crippen LogP contribution in [-0.2, 0) is 4.74 Å². The van der Waals surface area contributed by atoms with E-state index in [0.29, 0.717) is 12.0 Å². The van der Waals surface area contributed by atoms with Gasteiger partial charge in [-0.2, -0.15) is 0 Å². The predicted octanol–water partition coefficient (Wildman–Crippen LogP) is 4.94. The van der Waals surface area contributed by atoms with E-state index in [1.54, 1.807) is 0 Å². The first-order valence-corrected chi connectivity index (χ1v) is 8.65. The lowest BCUT2D eigenvalue weighted by atomic mass is 9.87. The van der Waals surface area contributed by atoms with Crippen molar-refractivity contribution in [3.63, 3.8) is 0 Å². The lowest BCUT2D eigenvalue weighted by molar-refractivity contribution is 0.182. The molecule has 0 bridgehead atoms. The maximum absolute atomic E-state index is 10.5. The molecular weight excluding hydrogens is 272 g/mol. The molecule has 0 unspecified atom stereocenters. The lowest BCUT2D eigenvalue weighted by Crippen LogP contribution is -2.16. The molecule has 0 saturated carbocycles. The highest BCUT2D eigenvalue weighted by molar-refractivity contribution is 5.12. The molecule has 1 fully saturated rings. The predicted molar refractivity (Wildman–Crippen MR) is 92.8 cm³/mol. The van der Waals surface area contributed by atoms with Crippen molar-refractivity contribution in [2.75, 3.05) is 0 Å². The maximum atomic E-state index is 10.5.